The number of hydrogen-bond donors (Lipinski definition) is 0. The number of fused-ring (bicyclic) bond motifs is 1. The summed E-state index contributed by atoms with van der Waals surface area (Å²) in [6.07, 6.45) is 2.54. The summed E-state index contributed by atoms with van der Waals surface area (Å²) < 4.78 is 11.0. The highest BCUT2D eigenvalue weighted by molar-refractivity contribution is 5.04. The Labute approximate surface area is 67.9 Å². The van der Waals surface area contributed by atoms with Crippen LogP contribution < -0.4 is 0 Å². The lowest BCUT2D eigenvalue weighted by atomic mass is 9.97. The molecular weight excluding hydrogens is 140 g/mol. The molecule has 0 N–H and O–H groups in total. The van der Waals surface area contributed by atoms with Gasteiger partial charge in [-0.1, -0.05) is 6.92 Å². The third kappa shape index (κ3) is 1.09. The highest BCUT2D eigenvalue weighted by Crippen LogP contribution is 2.47. The van der Waals surface area contributed by atoms with Crippen molar-refractivity contribution in [3.05, 3.63) is 0 Å². The molecule has 0 spiro atoms. The van der Waals surface area contributed by atoms with Gasteiger partial charge in [0, 0.05) is 13.0 Å². The smallest absolute Gasteiger partial charge is 0.0897 e. The first kappa shape index (κ1) is 7.56. The summed E-state index contributed by atoms with van der Waals surface area (Å²) in [4.78, 5) is 0. The topological polar surface area (TPSA) is 18.5 Å². The molecule has 5 atom stereocenters. The van der Waals surface area contributed by atoms with E-state index in [2.05, 4.69) is 13.8 Å². The molecule has 2 rings (SSSR count). The zero-order chi connectivity index (χ0) is 8.01. The number of hydrogen-bond acceptors (Lipinski definition) is 2. The van der Waals surface area contributed by atoms with Crippen molar-refractivity contribution in [2.45, 2.75) is 38.6 Å². The fourth-order valence-corrected chi connectivity index (χ4v) is 2.07. The molecule has 0 radical (unpaired) electrons. The summed E-state index contributed by atoms with van der Waals surface area (Å²) in [5.41, 5.74) is 0. The monoisotopic (exact) mass is 156 g/mol. The summed E-state index contributed by atoms with van der Waals surface area (Å²) in [6.45, 7) is 4.41. The van der Waals surface area contributed by atoms with Crippen LogP contribution >= 0.6 is 0 Å². The third-order valence-corrected chi connectivity index (χ3v) is 3.12. The Kier molecular flexibility index (Phi) is 1.69. The Bertz CT molecular complexity index is 142. The molecule has 1 aliphatic carbocycles. The van der Waals surface area contributed by atoms with Crippen molar-refractivity contribution < 1.29 is 9.47 Å². The largest absolute Gasteiger partial charge is 0.378 e. The maximum atomic E-state index is 5.75. The molecule has 1 aliphatic heterocycles. The lowest BCUT2D eigenvalue weighted by Crippen LogP contribution is -2.25. The van der Waals surface area contributed by atoms with Crippen LogP contribution in [0.4, 0.5) is 0 Å². The molecule has 11 heavy (non-hydrogen) atoms. The zero-order valence-corrected chi connectivity index (χ0v) is 7.41. The first-order valence-electron chi connectivity index (χ1n) is 4.42. The van der Waals surface area contributed by atoms with Crippen LogP contribution in [0.15, 0.2) is 0 Å². The van der Waals surface area contributed by atoms with Gasteiger partial charge >= 0.3 is 0 Å². The minimum absolute atomic E-state index is 0.405. The molecular formula is C9H16O2. The van der Waals surface area contributed by atoms with Gasteiger partial charge in [-0.2, -0.15) is 0 Å². The summed E-state index contributed by atoms with van der Waals surface area (Å²) in [6, 6.07) is 0. The van der Waals surface area contributed by atoms with Gasteiger partial charge in [0.2, 0.25) is 0 Å². The van der Waals surface area contributed by atoms with Crippen LogP contribution in [0, 0.1) is 11.8 Å². The number of rotatable bonds is 1. The Balaban J connectivity index is 1.95. The average molecular weight is 156 g/mol. The van der Waals surface area contributed by atoms with Crippen molar-refractivity contribution in [2.24, 2.45) is 11.8 Å². The molecule has 0 aromatic heterocycles. The van der Waals surface area contributed by atoms with E-state index in [9.17, 15) is 0 Å². The maximum absolute atomic E-state index is 5.75. The summed E-state index contributed by atoms with van der Waals surface area (Å²) in [5, 5.41) is 0. The highest BCUT2D eigenvalue weighted by Gasteiger charge is 2.56. The molecule has 0 aromatic rings. The van der Waals surface area contributed by atoms with Gasteiger partial charge in [-0.3, -0.25) is 0 Å². The summed E-state index contributed by atoms with van der Waals surface area (Å²) in [5.74, 6) is 1.41. The predicted octanol–water partition coefficient (Wildman–Crippen LogP) is 1.44. The van der Waals surface area contributed by atoms with Crippen molar-refractivity contribution in [1.29, 1.82) is 0 Å². The van der Waals surface area contributed by atoms with E-state index < -0.39 is 0 Å². The Morgan fingerprint density at radius 1 is 1.36 bits per heavy atom. The number of ether oxygens (including phenoxy) is 2. The lowest BCUT2D eigenvalue weighted by Gasteiger charge is -2.24. The first-order valence-corrected chi connectivity index (χ1v) is 4.42. The van der Waals surface area contributed by atoms with E-state index >= 15 is 0 Å². The summed E-state index contributed by atoms with van der Waals surface area (Å²) in [7, 11) is 1.78. The minimum Gasteiger partial charge on any atom is -0.378 e. The second-order valence-corrected chi connectivity index (χ2v) is 3.88. The van der Waals surface area contributed by atoms with Crippen molar-refractivity contribution in [3.8, 4) is 0 Å². The van der Waals surface area contributed by atoms with Crippen LogP contribution in [0.25, 0.3) is 0 Å². The predicted molar refractivity (Wildman–Crippen MR) is 42.4 cm³/mol. The van der Waals surface area contributed by atoms with Crippen molar-refractivity contribution in [3.63, 3.8) is 0 Å². The van der Waals surface area contributed by atoms with Gasteiger partial charge in [0.15, 0.2) is 0 Å². The van der Waals surface area contributed by atoms with Crippen LogP contribution in [0.2, 0.25) is 0 Å². The van der Waals surface area contributed by atoms with E-state index in [-0.39, 0.29) is 0 Å². The standard InChI is InChI=1S/C9H16O2/c1-5-4-7-8(10-3)9(7)11-6(5)2/h5-9H,4H2,1-3H3/t5-,6-,7+,8?,9-/m0/s1. The first-order chi connectivity index (χ1) is 5.24. The van der Waals surface area contributed by atoms with Crippen molar-refractivity contribution in [2.75, 3.05) is 7.11 Å². The van der Waals surface area contributed by atoms with Gasteiger partial charge in [0.05, 0.1) is 18.3 Å². The molecule has 0 aromatic carbocycles. The van der Waals surface area contributed by atoms with Crippen LogP contribution in [-0.2, 0) is 9.47 Å². The molecule has 1 saturated carbocycles. The lowest BCUT2D eigenvalue weighted by molar-refractivity contribution is -0.0291. The van der Waals surface area contributed by atoms with Gasteiger partial charge in [0.1, 0.15) is 0 Å². The van der Waals surface area contributed by atoms with Gasteiger partial charge in [0.25, 0.3) is 0 Å². The van der Waals surface area contributed by atoms with E-state index in [0.29, 0.717) is 30.1 Å². The van der Waals surface area contributed by atoms with Gasteiger partial charge in [-0.25, -0.2) is 0 Å². The van der Waals surface area contributed by atoms with Gasteiger partial charge < -0.3 is 9.47 Å². The molecule has 1 heterocycles. The normalized spacial score (nSPS) is 55.4. The average Bonchev–Trinajstić information content (AvgIpc) is 2.62. The number of methoxy groups -OCH3 is 1. The van der Waals surface area contributed by atoms with Gasteiger partial charge in [-0.15, -0.1) is 0 Å². The molecule has 2 aliphatic rings. The third-order valence-electron chi connectivity index (χ3n) is 3.12. The van der Waals surface area contributed by atoms with E-state index in [0.717, 1.165) is 0 Å². The Hall–Kier alpha value is -0.0800. The molecule has 1 unspecified atom stereocenters. The molecule has 0 amide bonds. The van der Waals surface area contributed by atoms with E-state index in [1.807, 2.05) is 0 Å². The Morgan fingerprint density at radius 2 is 2.09 bits per heavy atom. The SMILES string of the molecule is COC1[C@H]2C[C@H](C)[C@H](C)O[C@H]12. The molecule has 64 valence electrons. The van der Waals surface area contributed by atoms with E-state index in [4.69, 9.17) is 9.47 Å². The van der Waals surface area contributed by atoms with Gasteiger partial charge in [-0.05, 0) is 19.3 Å². The van der Waals surface area contributed by atoms with Crippen LogP contribution in [-0.4, -0.2) is 25.4 Å². The molecule has 1 saturated heterocycles. The van der Waals surface area contributed by atoms with Crippen LogP contribution in [0.3, 0.4) is 0 Å². The van der Waals surface area contributed by atoms with Crippen LogP contribution in [0.1, 0.15) is 20.3 Å². The van der Waals surface area contributed by atoms with Crippen LogP contribution in [0.5, 0.6) is 0 Å². The second kappa shape index (κ2) is 2.46. The highest BCUT2D eigenvalue weighted by atomic mass is 16.6. The molecule has 2 heteroatoms. The van der Waals surface area contributed by atoms with Crippen molar-refractivity contribution >= 4 is 0 Å². The van der Waals surface area contributed by atoms with Crippen molar-refractivity contribution in [1.82, 2.24) is 0 Å². The maximum Gasteiger partial charge on any atom is 0.0897 e. The summed E-state index contributed by atoms with van der Waals surface area (Å²) >= 11 is 0. The zero-order valence-electron chi connectivity index (χ0n) is 7.41. The second-order valence-electron chi connectivity index (χ2n) is 3.88. The molecule has 2 nitrogen and oxygen atoms in total. The minimum atomic E-state index is 0.405. The molecule has 0 bridgehead atoms. The quantitative estimate of drug-likeness (QED) is 0.572. The van der Waals surface area contributed by atoms with E-state index in [1.54, 1.807) is 7.11 Å². The fraction of sp³-hybridized carbons (Fsp3) is 1.00. The Morgan fingerprint density at radius 3 is 2.64 bits per heavy atom. The fourth-order valence-electron chi connectivity index (χ4n) is 2.07. The molecule has 2 fully saturated rings. The van der Waals surface area contributed by atoms with E-state index in [1.165, 1.54) is 6.42 Å².